The van der Waals surface area contributed by atoms with Crippen LogP contribution in [0.2, 0.25) is 0 Å². The molecule has 2 aromatic carbocycles. The highest BCUT2D eigenvalue weighted by atomic mass is 32.2. The molecular weight excluding hydrogens is 453 g/mol. The van der Waals surface area contributed by atoms with Gasteiger partial charge in [-0.15, -0.1) is 10.2 Å². The number of primary sulfonamides is 1. The van der Waals surface area contributed by atoms with Crippen LogP contribution in [0.15, 0.2) is 52.5 Å². The van der Waals surface area contributed by atoms with E-state index in [9.17, 15) is 17.6 Å². The Labute approximate surface area is 190 Å². The van der Waals surface area contributed by atoms with E-state index in [2.05, 4.69) is 15.5 Å². The summed E-state index contributed by atoms with van der Waals surface area (Å²) in [4.78, 5) is 12.4. The molecule has 0 aliphatic carbocycles. The summed E-state index contributed by atoms with van der Waals surface area (Å²) < 4.78 is 39.5. The number of thioether (sulfide) groups is 1. The molecule has 3 rings (SSSR count). The van der Waals surface area contributed by atoms with E-state index in [4.69, 9.17) is 5.14 Å². The molecular formula is C21H24FN5O3S2. The average Bonchev–Trinajstić information content (AvgIpc) is 3.09. The van der Waals surface area contributed by atoms with Crippen LogP contribution in [0.4, 0.5) is 10.1 Å². The van der Waals surface area contributed by atoms with Crippen molar-refractivity contribution in [2.24, 2.45) is 11.1 Å². The summed E-state index contributed by atoms with van der Waals surface area (Å²) in [5.74, 6) is -0.105. The SMILES string of the molecule is Cc1ccc(NC(=O)CSc2nnc(-c3ccccc3F)n2CC(C)C)cc1S(N)(=O)=O. The Bertz CT molecular complexity index is 1240. The van der Waals surface area contributed by atoms with Gasteiger partial charge < -0.3 is 9.88 Å². The molecule has 8 nitrogen and oxygen atoms in total. The van der Waals surface area contributed by atoms with Gasteiger partial charge in [-0.05, 0) is 42.7 Å². The zero-order chi connectivity index (χ0) is 23.5. The first kappa shape index (κ1) is 23.9. The van der Waals surface area contributed by atoms with Gasteiger partial charge in [-0.25, -0.2) is 17.9 Å². The molecule has 0 saturated heterocycles. The fraction of sp³-hybridized carbons (Fsp3) is 0.286. The second-order valence-electron chi connectivity index (χ2n) is 7.65. The molecule has 0 fully saturated rings. The summed E-state index contributed by atoms with van der Waals surface area (Å²) in [6.07, 6.45) is 0. The smallest absolute Gasteiger partial charge is 0.238 e. The van der Waals surface area contributed by atoms with Crippen molar-refractivity contribution in [2.45, 2.75) is 37.4 Å². The molecule has 1 heterocycles. The van der Waals surface area contributed by atoms with Crippen LogP contribution in [0.5, 0.6) is 0 Å². The van der Waals surface area contributed by atoms with Gasteiger partial charge in [0.25, 0.3) is 0 Å². The number of aromatic nitrogens is 3. The van der Waals surface area contributed by atoms with Crippen molar-refractivity contribution >= 4 is 33.4 Å². The van der Waals surface area contributed by atoms with E-state index < -0.39 is 15.8 Å². The number of hydrogen-bond donors (Lipinski definition) is 2. The van der Waals surface area contributed by atoms with Crippen LogP contribution in [0.1, 0.15) is 19.4 Å². The molecule has 1 amide bonds. The van der Waals surface area contributed by atoms with Crippen molar-refractivity contribution in [3.8, 4) is 11.4 Å². The average molecular weight is 478 g/mol. The van der Waals surface area contributed by atoms with Crippen LogP contribution in [-0.4, -0.2) is 34.8 Å². The molecule has 0 radical (unpaired) electrons. The molecule has 0 atom stereocenters. The first-order valence-electron chi connectivity index (χ1n) is 9.80. The normalized spacial score (nSPS) is 11.7. The maximum absolute atomic E-state index is 14.3. The monoisotopic (exact) mass is 477 g/mol. The minimum absolute atomic E-state index is 0.00604. The number of anilines is 1. The zero-order valence-corrected chi connectivity index (χ0v) is 19.5. The van der Waals surface area contributed by atoms with Gasteiger partial charge in [-0.2, -0.15) is 0 Å². The molecule has 3 aromatic rings. The van der Waals surface area contributed by atoms with Gasteiger partial charge in [0, 0.05) is 12.2 Å². The standard InChI is InChI=1S/C21H24FN5O3S2/c1-13(2)11-27-20(16-6-4-5-7-17(16)22)25-26-21(27)31-12-19(28)24-15-9-8-14(3)18(10-15)32(23,29)30/h4-10,13H,11-12H2,1-3H3,(H,24,28)(H2,23,29,30). The third kappa shape index (κ3) is 5.72. The Morgan fingerprint density at radius 3 is 2.59 bits per heavy atom. The Morgan fingerprint density at radius 2 is 1.94 bits per heavy atom. The number of nitrogens with one attached hydrogen (secondary N) is 1. The maximum atomic E-state index is 14.3. The molecule has 11 heteroatoms. The lowest BCUT2D eigenvalue weighted by atomic mass is 10.2. The third-order valence-corrected chi connectivity index (χ3v) is 6.51. The van der Waals surface area contributed by atoms with Crippen LogP contribution in [0.25, 0.3) is 11.4 Å². The Hall–Kier alpha value is -2.76. The van der Waals surface area contributed by atoms with Crippen molar-refractivity contribution in [3.05, 3.63) is 53.8 Å². The van der Waals surface area contributed by atoms with Gasteiger partial charge in [0.05, 0.1) is 16.2 Å². The number of hydrogen-bond acceptors (Lipinski definition) is 6. The summed E-state index contributed by atoms with van der Waals surface area (Å²) >= 11 is 1.16. The lowest BCUT2D eigenvalue weighted by Gasteiger charge is -2.13. The predicted molar refractivity (Wildman–Crippen MR) is 122 cm³/mol. The third-order valence-electron chi connectivity index (χ3n) is 4.49. The van der Waals surface area contributed by atoms with Crippen LogP contribution in [-0.2, 0) is 21.4 Å². The van der Waals surface area contributed by atoms with Crippen LogP contribution < -0.4 is 10.5 Å². The molecule has 3 N–H and O–H groups in total. The van der Waals surface area contributed by atoms with E-state index in [1.807, 2.05) is 13.8 Å². The number of carbonyl (C=O) groups excluding carboxylic acids is 1. The summed E-state index contributed by atoms with van der Waals surface area (Å²) in [6.45, 7) is 6.21. The highest BCUT2D eigenvalue weighted by Gasteiger charge is 2.19. The summed E-state index contributed by atoms with van der Waals surface area (Å²) in [6, 6.07) is 10.8. The number of benzene rings is 2. The lowest BCUT2D eigenvalue weighted by molar-refractivity contribution is -0.113. The zero-order valence-electron chi connectivity index (χ0n) is 17.9. The fourth-order valence-electron chi connectivity index (χ4n) is 3.08. The van der Waals surface area contributed by atoms with Crippen molar-refractivity contribution in [2.75, 3.05) is 11.1 Å². The van der Waals surface area contributed by atoms with Gasteiger partial charge in [0.2, 0.25) is 15.9 Å². The predicted octanol–water partition coefficient (Wildman–Crippen LogP) is 3.43. The number of aryl methyl sites for hydroxylation is 1. The van der Waals surface area contributed by atoms with Gasteiger partial charge >= 0.3 is 0 Å². The topological polar surface area (TPSA) is 120 Å². The van der Waals surface area contributed by atoms with Crippen LogP contribution in [0, 0.1) is 18.7 Å². The van der Waals surface area contributed by atoms with E-state index >= 15 is 0 Å². The molecule has 0 unspecified atom stereocenters. The number of nitrogens with zero attached hydrogens (tertiary/aromatic N) is 3. The van der Waals surface area contributed by atoms with Gasteiger partial charge in [-0.3, -0.25) is 4.79 Å². The Kier molecular flexibility index (Phi) is 7.32. The minimum atomic E-state index is -3.90. The van der Waals surface area contributed by atoms with Gasteiger partial charge in [-0.1, -0.05) is 43.8 Å². The summed E-state index contributed by atoms with van der Waals surface area (Å²) in [7, 11) is -3.90. The lowest BCUT2D eigenvalue weighted by Crippen LogP contribution is -2.17. The van der Waals surface area contributed by atoms with Crippen LogP contribution in [0.3, 0.4) is 0 Å². The molecule has 1 aromatic heterocycles. The first-order chi connectivity index (χ1) is 15.1. The number of halogens is 1. The van der Waals surface area contributed by atoms with Crippen molar-refractivity contribution in [1.29, 1.82) is 0 Å². The molecule has 0 bridgehead atoms. The number of rotatable bonds is 8. The second kappa shape index (κ2) is 9.80. The summed E-state index contributed by atoms with van der Waals surface area (Å²) in [5, 5.41) is 16.7. The number of nitrogens with two attached hydrogens (primary N) is 1. The van der Waals surface area contributed by atoms with Gasteiger partial charge in [0.1, 0.15) is 5.82 Å². The maximum Gasteiger partial charge on any atom is 0.238 e. The van der Waals surface area contributed by atoms with E-state index in [0.29, 0.717) is 34.3 Å². The number of amides is 1. The molecule has 0 spiro atoms. The van der Waals surface area contributed by atoms with E-state index in [1.165, 1.54) is 12.1 Å². The highest BCUT2D eigenvalue weighted by molar-refractivity contribution is 7.99. The quantitative estimate of drug-likeness (QED) is 0.480. The Morgan fingerprint density at radius 1 is 1.22 bits per heavy atom. The molecule has 0 aliphatic heterocycles. The Balaban J connectivity index is 1.77. The highest BCUT2D eigenvalue weighted by Crippen LogP contribution is 2.27. The van der Waals surface area contributed by atoms with E-state index in [1.54, 1.807) is 41.8 Å². The largest absolute Gasteiger partial charge is 0.325 e. The summed E-state index contributed by atoms with van der Waals surface area (Å²) in [5.41, 5.74) is 1.15. The van der Waals surface area contributed by atoms with Crippen molar-refractivity contribution in [3.63, 3.8) is 0 Å². The molecule has 0 aliphatic rings. The van der Waals surface area contributed by atoms with Crippen molar-refractivity contribution in [1.82, 2.24) is 14.8 Å². The van der Waals surface area contributed by atoms with E-state index in [0.717, 1.165) is 11.8 Å². The second-order valence-corrected chi connectivity index (χ2v) is 10.1. The molecule has 32 heavy (non-hydrogen) atoms. The molecule has 0 saturated carbocycles. The number of sulfonamides is 1. The van der Waals surface area contributed by atoms with E-state index in [-0.39, 0.29) is 22.5 Å². The first-order valence-corrected chi connectivity index (χ1v) is 12.3. The number of carbonyl (C=O) groups is 1. The minimum Gasteiger partial charge on any atom is -0.325 e. The van der Waals surface area contributed by atoms with Crippen molar-refractivity contribution < 1.29 is 17.6 Å². The van der Waals surface area contributed by atoms with Gasteiger partial charge in [0.15, 0.2) is 11.0 Å². The van der Waals surface area contributed by atoms with Crippen LogP contribution >= 0.6 is 11.8 Å². The fourth-order valence-corrected chi connectivity index (χ4v) is 4.63. The molecule has 170 valence electrons.